The molecular formula is C10H17NO3. The third kappa shape index (κ3) is 3.77. The van der Waals surface area contributed by atoms with Crippen molar-refractivity contribution in [3.05, 3.63) is 6.92 Å². The molecule has 0 aliphatic heterocycles. The van der Waals surface area contributed by atoms with Gasteiger partial charge in [-0.2, -0.15) is 0 Å². The largest absolute Gasteiger partial charge is 0.467 e. The van der Waals surface area contributed by atoms with Gasteiger partial charge in [0.1, 0.15) is 6.04 Å². The first kappa shape index (κ1) is 12.9. The molecule has 2 unspecified atom stereocenters. The van der Waals surface area contributed by atoms with Crippen LogP contribution in [0, 0.1) is 18.8 Å². The van der Waals surface area contributed by atoms with E-state index in [-0.39, 0.29) is 11.8 Å². The monoisotopic (exact) mass is 199 g/mol. The fourth-order valence-corrected chi connectivity index (χ4v) is 0.848. The molecule has 0 fully saturated rings. The van der Waals surface area contributed by atoms with E-state index in [1.807, 2.05) is 13.8 Å². The van der Waals surface area contributed by atoms with Gasteiger partial charge in [0, 0.05) is 5.92 Å². The smallest absolute Gasteiger partial charge is 0.328 e. The Morgan fingerprint density at radius 1 is 1.29 bits per heavy atom. The van der Waals surface area contributed by atoms with Gasteiger partial charge in [0.2, 0.25) is 5.91 Å². The van der Waals surface area contributed by atoms with Gasteiger partial charge in [-0.15, -0.1) is 0 Å². The first-order valence-electron chi connectivity index (χ1n) is 4.54. The molecule has 0 saturated heterocycles. The molecule has 0 saturated carbocycles. The number of hydrogen-bond donors (Lipinski definition) is 1. The molecule has 0 aromatic heterocycles. The number of hydrogen-bond acceptors (Lipinski definition) is 3. The van der Waals surface area contributed by atoms with Crippen molar-refractivity contribution in [3.63, 3.8) is 0 Å². The van der Waals surface area contributed by atoms with Gasteiger partial charge in [0.25, 0.3) is 0 Å². The topological polar surface area (TPSA) is 55.4 Å². The molecule has 14 heavy (non-hydrogen) atoms. The molecule has 2 radical (unpaired) electrons. The molecule has 0 heterocycles. The molecular weight excluding hydrogens is 182 g/mol. The second kappa shape index (κ2) is 5.62. The Balaban J connectivity index is 4.12. The Labute approximate surface area is 85.0 Å². The zero-order valence-electron chi connectivity index (χ0n) is 9.03. The zero-order chi connectivity index (χ0) is 11.3. The normalized spacial score (nSPS) is 14.7. The second-order valence-corrected chi connectivity index (χ2v) is 3.52. The number of nitrogens with one attached hydrogen (secondary N) is 1. The number of methoxy groups -OCH3 is 1. The van der Waals surface area contributed by atoms with E-state index in [1.165, 1.54) is 7.11 Å². The minimum Gasteiger partial charge on any atom is -0.467 e. The Morgan fingerprint density at radius 3 is 2.14 bits per heavy atom. The highest BCUT2D eigenvalue weighted by molar-refractivity contribution is 5.85. The average molecular weight is 199 g/mol. The summed E-state index contributed by atoms with van der Waals surface area (Å²) in [6.07, 6.45) is 0. The van der Waals surface area contributed by atoms with Gasteiger partial charge in [0.15, 0.2) is 0 Å². The lowest BCUT2D eigenvalue weighted by atomic mass is 9.97. The van der Waals surface area contributed by atoms with E-state index in [1.54, 1.807) is 6.92 Å². The molecule has 80 valence electrons. The highest BCUT2D eigenvalue weighted by Crippen LogP contribution is 2.09. The molecule has 2 atom stereocenters. The van der Waals surface area contributed by atoms with Crippen molar-refractivity contribution in [3.8, 4) is 0 Å². The number of carbonyl (C=O) groups is 2. The molecule has 1 amide bonds. The third-order valence-electron chi connectivity index (χ3n) is 1.93. The Morgan fingerprint density at radius 2 is 1.79 bits per heavy atom. The van der Waals surface area contributed by atoms with Gasteiger partial charge in [-0.3, -0.25) is 4.79 Å². The molecule has 0 aromatic rings. The van der Waals surface area contributed by atoms with E-state index in [0.29, 0.717) is 0 Å². The Kier molecular flexibility index (Phi) is 5.20. The van der Waals surface area contributed by atoms with Crippen LogP contribution in [0.15, 0.2) is 0 Å². The third-order valence-corrected chi connectivity index (χ3v) is 1.93. The maximum absolute atomic E-state index is 11.4. The van der Waals surface area contributed by atoms with E-state index in [2.05, 4.69) is 10.1 Å². The molecule has 0 aliphatic carbocycles. The summed E-state index contributed by atoms with van der Waals surface area (Å²) in [6.45, 7) is 10.8. The van der Waals surface area contributed by atoms with Crippen molar-refractivity contribution in [2.75, 3.05) is 7.11 Å². The molecule has 4 nitrogen and oxygen atoms in total. The van der Waals surface area contributed by atoms with Crippen molar-refractivity contribution >= 4 is 11.9 Å². The summed E-state index contributed by atoms with van der Waals surface area (Å²) in [5.74, 6) is -1.37. The summed E-state index contributed by atoms with van der Waals surface area (Å²) in [6, 6.07) is -0.655. The summed E-state index contributed by atoms with van der Waals surface area (Å²) < 4.78 is 4.46. The fraction of sp³-hybridized carbons (Fsp3) is 0.700. The maximum Gasteiger partial charge on any atom is 0.328 e. The number of rotatable bonds is 4. The molecule has 0 aliphatic rings. The van der Waals surface area contributed by atoms with E-state index >= 15 is 0 Å². The SMILES string of the molecule is [CH]C(C(=O)NC(C)C(=O)OC)C(C)C. The maximum atomic E-state index is 11.4. The minimum absolute atomic E-state index is 0.0415. The van der Waals surface area contributed by atoms with Crippen LogP contribution in [0.3, 0.4) is 0 Å². The van der Waals surface area contributed by atoms with Crippen LogP contribution in [0.4, 0.5) is 0 Å². The Bertz CT molecular complexity index is 213. The Hall–Kier alpha value is -1.06. The van der Waals surface area contributed by atoms with Gasteiger partial charge in [0.05, 0.1) is 7.11 Å². The fourth-order valence-electron chi connectivity index (χ4n) is 0.848. The summed E-state index contributed by atoms with van der Waals surface area (Å²) >= 11 is 0. The van der Waals surface area contributed by atoms with Crippen molar-refractivity contribution in [1.82, 2.24) is 5.32 Å². The summed E-state index contributed by atoms with van der Waals surface area (Å²) in [5.41, 5.74) is 0. The van der Waals surface area contributed by atoms with E-state index in [4.69, 9.17) is 6.92 Å². The van der Waals surface area contributed by atoms with Crippen molar-refractivity contribution in [2.45, 2.75) is 26.8 Å². The van der Waals surface area contributed by atoms with Crippen LogP contribution in [-0.4, -0.2) is 25.0 Å². The van der Waals surface area contributed by atoms with Gasteiger partial charge in [-0.25, -0.2) is 4.79 Å². The van der Waals surface area contributed by atoms with Gasteiger partial charge < -0.3 is 10.1 Å². The molecule has 0 spiro atoms. The number of esters is 1. The quantitative estimate of drug-likeness (QED) is 0.676. The highest BCUT2D eigenvalue weighted by atomic mass is 16.5. The van der Waals surface area contributed by atoms with E-state index < -0.39 is 17.9 Å². The molecule has 0 aromatic carbocycles. The summed E-state index contributed by atoms with van der Waals surface area (Å²) in [5, 5.41) is 2.47. The van der Waals surface area contributed by atoms with Crippen LogP contribution in [0.5, 0.6) is 0 Å². The lowest BCUT2D eigenvalue weighted by Gasteiger charge is -2.17. The van der Waals surface area contributed by atoms with Crippen LogP contribution >= 0.6 is 0 Å². The lowest BCUT2D eigenvalue weighted by Crippen LogP contribution is -2.42. The van der Waals surface area contributed by atoms with E-state index in [9.17, 15) is 9.59 Å². The first-order chi connectivity index (χ1) is 6.40. The molecule has 4 heteroatoms. The van der Waals surface area contributed by atoms with Crippen LogP contribution in [-0.2, 0) is 14.3 Å². The molecule has 1 N–H and O–H groups in total. The summed E-state index contributed by atoms with van der Waals surface area (Å²) in [7, 11) is 1.27. The van der Waals surface area contributed by atoms with Gasteiger partial charge >= 0.3 is 5.97 Å². The number of carbonyl (C=O) groups excluding carboxylic acids is 2. The van der Waals surface area contributed by atoms with Gasteiger partial charge in [-0.1, -0.05) is 13.8 Å². The molecule has 0 bridgehead atoms. The zero-order valence-corrected chi connectivity index (χ0v) is 9.03. The standard InChI is InChI=1S/C10H17NO3/c1-6(2)7(3)9(12)11-8(4)10(13)14-5/h3,6-8H,1-2,4-5H3,(H,11,12). The lowest BCUT2D eigenvalue weighted by molar-refractivity contribution is -0.145. The summed E-state index contributed by atoms with van der Waals surface area (Å²) in [4.78, 5) is 22.3. The van der Waals surface area contributed by atoms with Crippen molar-refractivity contribution in [1.29, 1.82) is 0 Å². The van der Waals surface area contributed by atoms with Crippen LogP contribution in [0.2, 0.25) is 0 Å². The van der Waals surface area contributed by atoms with Crippen LogP contribution in [0.1, 0.15) is 20.8 Å². The minimum atomic E-state index is -0.655. The molecule has 0 rings (SSSR count). The highest BCUT2D eigenvalue weighted by Gasteiger charge is 2.21. The van der Waals surface area contributed by atoms with Crippen LogP contribution in [0.25, 0.3) is 0 Å². The van der Waals surface area contributed by atoms with Crippen molar-refractivity contribution < 1.29 is 14.3 Å². The van der Waals surface area contributed by atoms with Gasteiger partial charge in [-0.05, 0) is 19.8 Å². The predicted octanol–water partition coefficient (Wildman–Crippen LogP) is 0.647. The first-order valence-corrected chi connectivity index (χ1v) is 4.54. The number of ether oxygens (including phenoxy) is 1. The second-order valence-electron chi connectivity index (χ2n) is 3.52. The number of amides is 1. The predicted molar refractivity (Wildman–Crippen MR) is 52.2 cm³/mol. The van der Waals surface area contributed by atoms with Crippen LogP contribution < -0.4 is 5.32 Å². The average Bonchev–Trinajstić information content (AvgIpc) is 2.14. The van der Waals surface area contributed by atoms with E-state index in [0.717, 1.165) is 0 Å². The van der Waals surface area contributed by atoms with Crippen molar-refractivity contribution in [2.24, 2.45) is 11.8 Å².